The fourth-order valence-corrected chi connectivity index (χ4v) is 1.63. The number of aliphatic hydroxyl groups excluding tert-OH is 1. The van der Waals surface area contributed by atoms with Crippen molar-refractivity contribution in [2.75, 3.05) is 6.54 Å². The maximum Gasteiger partial charge on any atom is 0.141 e. The predicted octanol–water partition coefficient (Wildman–Crippen LogP) is 1.42. The van der Waals surface area contributed by atoms with Crippen LogP contribution in [0.3, 0.4) is 0 Å². The van der Waals surface area contributed by atoms with Crippen LogP contribution < -0.4 is 0 Å². The lowest BCUT2D eigenvalue weighted by atomic mass is 9.85. The van der Waals surface area contributed by atoms with E-state index < -0.39 is 0 Å². The summed E-state index contributed by atoms with van der Waals surface area (Å²) in [7, 11) is 0. The summed E-state index contributed by atoms with van der Waals surface area (Å²) in [5.41, 5.74) is 8.02. The van der Waals surface area contributed by atoms with E-state index in [1.54, 1.807) is 0 Å². The summed E-state index contributed by atoms with van der Waals surface area (Å²) in [6.45, 7) is -0.0444. The third-order valence-corrected chi connectivity index (χ3v) is 2.44. The third-order valence-electron chi connectivity index (χ3n) is 2.44. The first-order valence-electron chi connectivity index (χ1n) is 4.45. The zero-order valence-corrected chi connectivity index (χ0v) is 7.39. The van der Waals surface area contributed by atoms with Gasteiger partial charge in [0, 0.05) is 10.8 Å². The Hall–Kier alpha value is -1.06. The number of hydrogen-bond acceptors (Lipinski definition) is 3. The Kier molecular flexibility index (Phi) is 3.73. The first-order chi connectivity index (χ1) is 6.24. The van der Waals surface area contributed by atoms with Crippen LogP contribution in [-0.2, 0) is 4.79 Å². The molecule has 0 aromatic heterocycles. The molecule has 5 nitrogen and oxygen atoms in total. The van der Waals surface area contributed by atoms with Gasteiger partial charge in [-0.2, -0.15) is 0 Å². The summed E-state index contributed by atoms with van der Waals surface area (Å²) in [4.78, 5) is 13.9. The number of ketones is 1. The fraction of sp³-hybridized carbons (Fsp3) is 0.875. The van der Waals surface area contributed by atoms with E-state index in [0.717, 1.165) is 12.8 Å². The van der Waals surface area contributed by atoms with Gasteiger partial charge in [0.2, 0.25) is 0 Å². The Bertz CT molecular complexity index is 228. The molecule has 0 aliphatic heterocycles. The van der Waals surface area contributed by atoms with Crippen LogP contribution in [0.15, 0.2) is 5.11 Å². The molecule has 1 saturated carbocycles. The Morgan fingerprint density at radius 2 is 2.08 bits per heavy atom. The van der Waals surface area contributed by atoms with E-state index in [2.05, 4.69) is 10.0 Å². The van der Waals surface area contributed by atoms with E-state index in [4.69, 9.17) is 5.53 Å². The minimum atomic E-state index is -0.247. The van der Waals surface area contributed by atoms with Gasteiger partial charge < -0.3 is 5.11 Å². The molecule has 1 aliphatic rings. The highest BCUT2D eigenvalue weighted by atomic mass is 16.3. The standard InChI is InChI=1S/C8H13N3O2/c9-11-10-5-8(13)6-1-3-7(12)4-2-6/h6-7,12H,1-5H2. The number of carbonyl (C=O) groups excluding carboxylic acids is 1. The molecule has 1 aliphatic carbocycles. The number of Topliss-reactive ketones (excluding diaryl/α,β-unsaturated/α-hetero) is 1. The maximum atomic E-state index is 11.3. The van der Waals surface area contributed by atoms with Crippen molar-refractivity contribution in [2.45, 2.75) is 31.8 Å². The lowest BCUT2D eigenvalue weighted by Gasteiger charge is -2.23. The van der Waals surface area contributed by atoms with Crippen molar-refractivity contribution < 1.29 is 9.90 Å². The molecule has 0 amide bonds. The lowest BCUT2D eigenvalue weighted by Crippen LogP contribution is -2.25. The number of aliphatic hydroxyl groups is 1. The summed E-state index contributed by atoms with van der Waals surface area (Å²) in [5, 5.41) is 12.4. The molecule has 1 fully saturated rings. The van der Waals surface area contributed by atoms with Crippen molar-refractivity contribution in [3.05, 3.63) is 10.4 Å². The van der Waals surface area contributed by atoms with E-state index in [-0.39, 0.29) is 24.3 Å². The average molecular weight is 183 g/mol. The predicted molar refractivity (Wildman–Crippen MR) is 47.0 cm³/mol. The molecule has 1 rings (SSSR count). The Labute approximate surface area is 76.4 Å². The highest BCUT2D eigenvalue weighted by molar-refractivity contribution is 5.83. The van der Waals surface area contributed by atoms with E-state index in [1.165, 1.54) is 0 Å². The van der Waals surface area contributed by atoms with Crippen LogP contribution in [-0.4, -0.2) is 23.5 Å². The first kappa shape index (κ1) is 10.0. The Balaban J connectivity index is 2.35. The zero-order valence-electron chi connectivity index (χ0n) is 7.39. The smallest absolute Gasteiger partial charge is 0.141 e. The largest absolute Gasteiger partial charge is 0.393 e. The van der Waals surface area contributed by atoms with Crippen LogP contribution in [0.2, 0.25) is 0 Å². The highest BCUT2D eigenvalue weighted by Crippen LogP contribution is 2.24. The van der Waals surface area contributed by atoms with Gasteiger partial charge in [0.1, 0.15) is 5.78 Å². The molecule has 72 valence electrons. The van der Waals surface area contributed by atoms with E-state index in [0.29, 0.717) is 12.8 Å². The SMILES string of the molecule is [N-]=[N+]=NCC(=O)C1CCC(O)CC1. The Morgan fingerprint density at radius 1 is 1.46 bits per heavy atom. The number of rotatable bonds is 3. The normalized spacial score (nSPS) is 27.8. The number of hydrogen-bond donors (Lipinski definition) is 1. The van der Waals surface area contributed by atoms with E-state index >= 15 is 0 Å². The van der Waals surface area contributed by atoms with Gasteiger partial charge in [-0.05, 0) is 31.2 Å². The third kappa shape index (κ3) is 3.05. The van der Waals surface area contributed by atoms with Crippen molar-refractivity contribution in [3.63, 3.8) is 0 Å². The molecule has 0 bridgehead atoms. The quantitative estimate of drug-likeness (QED) is 0.407. The summed E-state index contributed by atoms with van der Waals surface area (Å²) in [5.74, 6) is -0.00130. The molecule has 0 saturated heterocycles. The van der Waals surface area contributed by atoms with Crippen LogP contribution in [0.1, 0.15) is 25.7 Å². The van der Waals surface area contributed by atoms with Crippen LogP contribution in [0, 0.1) is 5.92 Å². The average Bonchev–Trinajstić information content (AvgIpc) is 2.15. The van der Waals surface area contributed by atoms with Gasteiger partial charge in [-0.15, -0.1) is 0 Å². The highest BCUT2D eigenvalue weighted by Gasteiger charge is 2.24. The molecular weight excluding hydrogens is 170 g/mol. The minimum absolute atomic E-state index is 0.00435. The fourth-order valence-electron chi connectivity index (χ4n) is 1.63. The molecule has 0 unspecified atom stereocenters. The maximum absolute atomic E-state index is 11.3. The lowest BCUT2D eigenvalue weighted by molar-refractivity contribution is -0.122. The summed E-state index contributed by atoms with van der Waals surface area (Å²) >= 11 is 0. The number of azide groups is 1. The van der Waals surface area contributed by atoms with Crippen LogP contribution >= 0.6 is 0 Å². The molecule has 5 heteroatoms. The molecule has 0 spiro atoms. The molecule has 0 atom stereocenters. The zero-order chi connectivity index (χ0) is 9.68. The summed E-state index contributed by atoms with van der Waals surface area (Å²) in [6.07, 6.45) is 2.57. The van der Waals surface area contributed by atoms with Crippen molar-refractivity contribution >= 4 is 5.78 Å². The number of carbonyl (C=O) groups is 1. The second-order valence-electron chi connectivity index (χ2n) is 3.36. The molecule has 0 aromatic carbocycles. The van der Waals surface area contributed by atoms with Crippen LogP contribution in [0.5, 0.6) is 0 Å². The monoisotopic (exact) mass is 183 g/mol. The first-order valence-corrected chi connectivity index (χ1v) is 4.45. The Morgan fingerprint density at radius 3 is 2.62 bits per heavy atom. The van der Waals surface area contributed by atoms with E-state index in [9.17, 15) is 9.90 Å². The van der Waals surface area contributed by atoms with Gasteiger partial charge in [-0.1, -0.05) is 5.11 Å². The molecule has 0 aromatic rings. The topological polar surface area (TPSA) is 86.1 Å². The van der Waals surface area contributed by atoms with Crippen molar-refractivity contribution in [1.29, 1.82) is 0 Å². The molecule has 0 heterocycles. The number of nitrogens with zero attached hydrogens (tertiary/aromatic N) is 3. The van der Waals surface area contributed by atoms with Crippen molar-refractivity contribution in [1.82, 2.24) is 0 Å². The minimum Gasteiger partial charge on any atom is -0.393 e. The van der Waals surface area contributed by atoms with Crippen molar-refractivity contribution in [2.24, 2.45) is 11.0 Å². The summed E-state index contributed by atoms with van der Waals surface area (Å²) < 4.78 is 0. The molecule has 13 heavy (non-hydrogen) atoms. The van der Waals surface area contributed by atoms with Gasteiger partial charge in [0.15, 0.2) is 0 Å². The van der Waals surface area contributed by atoms with Gasteiger partial charge in [-0.25, -0.2) is 0 Å². The van der Waals surface area contributed by atoms with Gasteiger partial charge in [0.25, 0.3) is 0 Å². The molecular formula is C8H13N3O2. The van der Waals surface area contributed by atoms with Gasteiger partial charge >= 0.3 is 0 Å². The van der Waals surface area contributed by atoms with Crippen molar-refractivity contribution in [3.8, 4) is 0 Å². The van der Waals surface area contributed by atoms with Crippen LogP contribution in [0.4, 0.5) is 0 Å². The molecule has 1 N–H and O–H groups in total. The molecule has 0 radical (unpaired) electrons. The van der Waals surface area contributed by atoms with Gasteiger partial charge in [-0.3, -0.25) is 4.79 Å². The van der Waals surface area contributed by atoms with Gasteiger partial charge in [0.05, 0.1) is 12.6 Å². The second kappa shape index (κ2) is 4.84. The summed E-state index contributed by atoms with van der Waals surface area (Å²) in [6, 6.07) is 0. The second-order valence-corrected chi connectivity index (χ2v) is 3.36. The van der Waals surface area contributed by atoms with E-state index in [1.807, 2.05) is 0 Å². The van der Waals surface area contributed by atoms with Crippen LogP contribution in [0.25, 0.3) is 10.4 Å².